The predicted molar refractivity (Wildman–Crippen MR) is 82.5 cm³/mol. The Morgan fingerprint density at radius 3 is 2.54 bits per heavy atom. The first-order valence-electron chi connectivity index (χ1n) is 7.15. The average Bonchev–Trinajstić information content (AvgIpc) is 2.61. The fourth-order valence-corrected chi connectivity index (χ4v) is 2.80. The number of cyclic esters (lactones) is 1. The van der Waals surface area contributed by atoms with E-state index in [9.17, 15) is 19.7 Å². The third-order valence-corrected chi connectivity index (χ3v) is 3.92. The van der Waals surface area contributed by atoms with Gasteiger partial charge in [-0.25, -0.2) is 4.79 Å². The molecule has 0 amide bonds. The maximum Gasteiger partial charge on any atom is 0.339 e. The van der Waals surface area contributed by atoms with Crippen LogP contribution in [0, 0.1) is 10.1 Å². The van der Waals surface area contributed by atoms with Gasteiger partial charge in [-0.1, -0.05) is 36.4 Å². The molecule has 7 heteroatoms. The standard InChI is InChI=1S/C17H13NO6/c1-23-17(20)14-12-8-7-11(18(21)22)9-13(12)16(19)24-15(14)10-5-3-2-4-6-10/h2-9,14-15H,1H3/t14-,15+/m1/s1. The van der Waals surface area contributed by atoms with Gasteiger partial charge in [0.15, 0.2) is 0 Å². The second kappa shape index (κ2) is 6.11. The highest BCUT2D eigenvalue weighted by Crippen LogP contribution is 2.42. The van der Waals surface area contributed by atoms with Crippen molar-refractivity contribution in [1.29, 1.82) is 0 Å². The van der Waals surface area contributed by atoms with E-state index >= 15 is 0 Å². The third kappa shape index (κ3) is 2.60. The van der Waals surface area contributed by atoms with E-state index in [0.29, 0.717) is 11.1 Å². The van der Waals surface area contributed by atoms with Crippen LogP contribution in [0.3, 0.4) is 0 Å². The molecule has 24 heavy (non-hydrogen) atoms. The van der Waals surface area contributed by atoms with Crippen molar-refractivity contribution >= 4 is 17.6 Å². The number of rotatable bonds is 3. The molecule has 1 heterocycles. The zero-order chi connectivity index (χ0) is 17.3. The molecular weight excluding hydrogens is 314 g/mol. The van der Waals surface area contributed by atoms with E-state index in [-0.39, 0.29) is 11.3 Å². The highest BCUT2D eigenvalue weighted by atomic mass is 16.6. The minimum absolute atomic E-state index is 0.00628. The second-order valence-corrected chi connectivity index (χ2v) is 5.27. The molecule has 3 rings (SSSR count). The smallest absolute Gasteiger partial charge is 0.339 e. The summed E-state index contributed by atoms with van der Waals surface area (Å²) >= 11 is 0. The Labute approximate surface area is 137 Å². The van der Waals surface area contributed by atoms with E-state index < -0.39 is 28.9 Å². The number of ether oxygens (including phenoxy) is 2. The molecule has 0 saturated heterocycles. The molecule has 2 atom stereocenters. The van der Waals surface area contributed by atoms with E-state index in [2.05, 4.69) is 0 Å². The van der Waals surface area contributed by atoms with Crippen molar-refractivity contribution < 1.29 is 24.0 Å². The Morgan fingerprint density at radius 2 is 1.92 bits per heavy atom. The van der Waals surface area contributed by atoms with Gasteiger partial charge in [-0.3, -0.25) is 14.9 Å². The number of hydrogen-bond donors (Lipinski definition) is 0. The van der Waals surface area contributed by atoms with Gasteiger partial charge in [-0.15, -0.1) is 0 Å². The lowest BCUT2D eigenvalue weighted by Crippen LogP contribution is -2.32. The summed E-state index contributed by atoms with van der Waals surface area (Å²) in [7, 11) is 1.24. The van der Waals surface area contributed by atoms with E-state index in [0.717, 1.165) is 6.07 Å². The summed E-state index contributed by atoms with van der Waals surface area (Å²) in [5.41, 5.74) is 0.766. The van der Waals surface area contributed by atoms with E-state index in [4.69, 9.17) is 9.47 Å². The number of fused-ring (bicyclic) bond motifs is 1. The van der Waals surface area contributed by atoms with Gasteiger partial charge in [-0.2, -0.15) is 0 Å². The number of benzene rings is 2. The lowest BCUT2D eigenvalue weighted by molar-refractivity contribution is -0.384. The van der Waals surface area contributed by atoms with Crippen molar-refractivity contribution in [2.75, 3.05) is 7.11 Å². The molecule has 0 aromatic heterocycles. The van der Waals surface area contributed by atoms with Gasteiger partial charge < -0.3 is 9.47 Å². The van der Waals surface area contributed by atoms with Gasteiger partial charge in [0, 0.05) is 12.1 Å². The topological polar surface area (TPSA) is 95.7 Å². The van der Waals surface area contributed by atoms with Crippen LogP contribution in [0.4, 0.5) is 5.69 Å². The number of esters is 2. The fraction of sp³-hybridized carbons (Fsp3) is 0.176. The van der Waals surface area contributed by atoms with Crippen LogP contribution >= 0.6 is 0 Å². The lowest BCUT2D eigenvalue weighted by Gasteiger charge is -2.31. The van der Waals surface area contributed by atoms with Gasteiger partial charge in [-0.05, 0) is 11.1 Å². The van der Waals surface area contributed by atoms with Gasteiger partial charge >= 0.3 is 11.9 Å². The molecule has 1 aliphatic heterocycles. The summed E-state index contributed by atoms with van der Waals surface area (Å²) in [4.78, 5) is 34.9. The summed E-state index contributed by atoms with van der Waals surface area (Å²) in [6, 6.07) is 12.6. The molecule has 0 aliphatic carbocycles. The largest absolute Gasteiger partial charge is 0.468 e. The van der Waals surface area contributed by atoms with Crippen LogP contribution in [0.1, 0.15) is 33.5 Å². The monoisotopic (exact) mass is 327 g/mol. The highest BCUT2D eigenvalue weighted by Gasteiger charge is 2.42. The molecule has 1 aliphatic rings. The van der Waals surface area contributed by atoms with Crippen LogP contribution in [-0.2, 0) is 14.3 Å². The molecule has 0 radical (unpaired) electrons. The predicted octanol–water partition coefficient (Wildman–Crippen LogP) is 2.76. The molecule has 0 spiro atoms. The number of nitro groups is 1. The molecule has 0 unspecified atom stereocenters. The minimum Gasteiger partial charge on any atom is -0.468 e. The Balaban J connectivity index is 2.15. The Hall–Kier alpha value is -3.22. The number of methoxy groups -OCH3 is 1. The fourth-order valence-electron chi connectivity index (χ4n) is 2.80. The Kier molecular flexibility index (Phi) is 3.99. The SMILES string of the molecule is COC(=O)[C@@H]1c2ccc([N+](=O)[O-])cc2C(=O)O[C@H]1c1ccccc1. The van der Waals surface area contributed by atoms with Crippen LogP contribution < -0.4 is 0 Å². The van der Waals surface area contributed by atoms with Gasteiger partial charge in [0.2, 0.25) is 0 Å². The number of carbonyl (C=O) groups is 2. The molecule has 0 bridgehead atoms. The van der Waals surface area contributed by atoms with Crippen molar-refractivity contribution in [2.45, 2.75) is 12.0 Å². The normalized spacial score (nSPS) is 19.1. The lowest BCUT2D eigenvalue weighted by atomic mass is 9.84. The van der Waals surface area contributed by atoms with Crippen molar-refractivity contribution in [1.82, 2.24) is 0 Å². The molecular formula is C17H13NO6. The van der Waals surface area contributed by atoms with Gasteiger partial charge in [0.1, 0.15) is 12.0 Å². The van der Waals surface area contributed by atoms with Crippen LogP contribution in [0.2, 0.25) is 0 Å². The molecule has 2 aromatic rings. The zero-order valence-electron chi connectivity index (χ0n) is 12.7. The summed E-state index contributed by atoms with van der Waals surface area (Å²) < 4.78 is 10.3. The molecule has 2 aromatic carbocycles. The van der Waals surface area contributed by atoms with E-state index in [1.54, 1.807) is 30.3 Å². The summed E-state index contributed by atoms with van der Waals surface area (Å²) in [5.74, 6) is -2.17. The van der Waals surface area contributed by atoms with Crippen LogP contribution in [0.15, 0.2) is 48.5 Å². The summed E-state index contributed by atoms with van der Waals surface area (Å²) in [6.07, 6.45) is -0.847. The third-order valence-electron chi connectivity index (χ3n) is 3.92. The maximum absolute atomic E-state index is 12.3. The number of nitrogens with zero attached hydrogens (tertiary/aromatic N) is 1. The first kappa shape index (κ1) is 15.7. The minimum atomic E-state index is -0.883. The van der Waals surface area contributed by atoms with Crippen LogP contribution in [0.5, 0.6) is 0 Å². The van der Waals surface area contributed by atoms with E-state index in [1.807, 2.05) is 0 Å². The number of carbonyl (C=O) groups excluding carboxylic acids is 2. The zero-order valence-corrected chi connectivity index (χ0v) is 12.7. The van der Waals surface area contributed by atoms with Crippen molar-refractivity contribution in [2.24, 2.45) is 0 Å². The summed E-state index contributed by atoms with van der Waals surface area (Å²) in [5, 5.41) is 10.9. The first-order valence-corrected chi connectivity index (χ1v) is 7.15. The molecule has 0 N–H and O–H groups in total. The number of hydrogen-bond acceptors (Lipinski definition) is 6. The maximum atomic E-state index is 12.3. The number of nitro benzene ring substituents is 1. The van der Waals surface area contributed by atoms with Gasteiger partial charge in [0.05, 0.1) is 17.6 Å². The van der Waals surface area contributed by atoms with Crippen LogP contribution in [-0.4, -0.2) is 24.0 Å². The van der Waals surface area contributed by atoms with Crippen molar-refractivity contribution in [3.8, 4) is 0 Å². The van der Waals surface area contributed by atoms with Crippen molar-refractivity contribution in [3.05, 3.63) is 75.3 Å². The molecule has 7 nitrogen and oxygen atoms in total. The Morgan fingerprint density at radius 1 is 1.21 bits per heavy atom. The first-order chi connectivity index (χ1) is 11.5. The van der Waals surface area contributed by atoms with Crippen molar-refractivity contribution in [3.63, 3.8) is 0 Å². The van der Waals surface area contributed by atoms with Gasteiger partial charge in [0.25, 0.3) is 5.69 Å². The highest BCUT2D eigenvalue weighted by molar-refractivity contribution is 5.97. The molecule has 122 valence electrons. The summed E-state index contributed by atoms with van der Waals surface area (Å²) in [6.45, 7) is 0. The van der Waals surface area contributed by atoms with E-state index in [1.165, 1.54) is 19.2 Å². The number of non-ortho nitro benzene ring substituents is 1. The average molecular weight is 327 g/mol. The quantitative estimate of drug-likeness (QED) is 0.488. The molecule has 0 saturated carbocycles. The van der Waals surface area contributed by atoms with Crippen LogP contribution in [0.25, 0.3) is 0 Å². The molecule has 0 fully saturated rings. The second-order valence-electron chi connectivity index (χ2n) is 5.27. The Bertz CT molecular complexity index is 817.